The number of anilines is 1. The van der Waals surface area contributed by atoms with Gasteiger partial charge in [-0.05, 0) is 36.4 Å². The SMILES string of the molecule is O=C1C[C@H]([NH2+]Cc2ccc3c(c2)OCO3)C(=O)N1c1cc(Cl)cc(Cl)c1. The molecule has 26 heavy (non-hydrogen) atoms. The first kappa shape index (κ1) is 17.1. The van der Waals surface area contributed by atoms with E-state index in [2.05, 4.69) is 0 Å². The van der Waals surface area contributed by atoms with Gasteiger partial charge in [0.25, 0.3) is 5.91 Å². The first-order valence-corrected chi connectivity index (χ1v) is 8.81. The Labute approximate surface area is 159 Å². The number of fused-ring (bicyclic) bond motifs is 1. The lowest BCUT2D eigenvalue weighted by Gasteiger charge is -2.15. The van der Waals surface area contributed by atoms with Crippen molar-refractivity contribution < 1.29 is 24.4 Å². The summed E-state index contributed by atoms with van der Waals surface area (Å²) in [5, 5.41) is 2.60. The molecule has 0 aliphatic carbocycles. The molecule has 0 unspecified atom stereocenters. The number of imide groups is 1. The van der Waals surface area contributed by atoms with E-state index in [1.807, 2.05) is 23.5 Å². The molecule has 0 aromatic heterocycles. The van der Waals surface area contributed by atoms with Gasteiger partial charge in [0.05, 0.1) is 12.1 Å². The van der Waals surface area contributed by atoms with Crippen LogP contribution in [-0.4, -0.2) is 24.6 Å². The molecule has 2 aliphatic heterocycles. The summed E-state index contributed by atoms with van der Waals surface area (Å²) in [5.74, 6) is 0.874. The third-order valence-corrected chi connectivity index (χ3v) is 4.80. The summed E-state index contributed by atoms with van der Waals surface area (Å²) >= 11 is 12.0. The molecule has 2 aromatic carbocycles. The molecular formula is C18H15Cl2N2O4+. The Hall–Kier alpha value is -2.28. The number of ether oxygens (including phenoxy) is 2. The Kier molecular flexibility index (Phi) is 4.48. The summed E-state index contributed by atoms with van der Waals surface area (Å²) in [4.78, 5) is 26.2. The van der Waals surface area contributed by atoms with Gasteiger partial charge in [-0.25, -0.2) is 4.90 Å². The number of nitrogens with zero attached hydrogens (tertiary/aromatic N) is 1. The van der Waals surface area contributed by atoms with Gasteiger partial charge >= 0.3 is 0 Å². The van der Waals surface area contributed by atoms with E-state index in [-0.39, 0.29) is 25.0 Å². The maximum atomic E-state index is 12.7. The standard InChI is InChI=1S/C18H14Cl2N2O4/c19-11-4-12(20)6-13(5-11)22-17(23)7-14(18(22)24)21-8-10-1-2-15-16(3-10)26-9-25-15/h1-6,14,21H,7-9H2/p+1/t14-/m0/s1. The molecule has 1 fully saturated rings. The average molecular weight is 394 g/mol. The van der Waals surface area contributed by atoms with Gasteiger partial charge in [0, 0.05) is 15.6 Å². The molecule has 0 saturated carbocycles. The van der Waals surface area contributed by atoms with Crippen molar-refractivity contribution in [2.75, 3.05) is 11.7 Å². The molecule has 0 radical (unpaired) electrons. The maximum absolute atomic E-state index is 12.7. The van der Waals surface area contributed by atoms with Crippen molar-refractivity contribution in [1.29, 1.82) is 0 Å². The van der Waals surface area contributed by atoms with Crippen molar-refractivity contribution in [2.45, 2.75) is 19.0 Å². The van der Waals surface area contributed by atoms with Gasteiger partial charge in [-0.15, -0.1) is 0 Å². The minimum atomic E-state index is -0.481. The number of halogens is 2. The first-order valence-electron chi connectivity index (χ1n) is 8.06. The van der Waals surface area contributed by atoms with Crippen LogP contribution in [0, 0.1) is 0 Å². The second-order valence-corrected chi connectivity index (χ2v) is 7.01. The summed E-state index contributed by atoms with van der Waals surface area (Å²) in [6.07, 6.45) is 0.132. The largest absolute Gasteiger partial charge is 0.454 e. The maximum Gasteiger partial charge on any atom is 0.292 e. The van der Waals surface area contributed by atoms with Crippen molar-refractivity contribution in [1.82, 2.24) is 0 Å². The number of carbonyl (C=O) groups excluding carboxylic acids is 2. The zero-order valence-corrected chi connectivity index (χ0v) is 15.1. The molecule has 0 bridgehead atoms. The molecule has 134 valence electrons. The van der Waals surface area contributed by atoms with Gasteiger partial charge in [-0.2, -0.15) is 0 Å². The fraction of sp³-hybridized carbons (Fsp3) is 0.222. The fourth-order valence-electron chi connectivity index (χ4n) is 3.13. The summed E-state index contributed by atoms with van der Waals surface area (Å²) in [6, 6.07) is 9.83. The molecule has 4 rings (SSSR count). The number of benzene rings is 2. The summed E-state index contributed by atoms with van der Waals surface area (Å²) in [7, 11) is 0. The molecule has 0 spiro atoms. The van der Waals surface area contributed by atoms with E-state index in [0.717, 1.165) is 10.5 Å². The third-order valence-electron chi connectivity index (χ3n) is 4.36. The number of hydrogen-bond acceptors (Lipinski definition) is 4. The van der Waals surface area contributed by atoms with Gasteiger partial charge in [0.2, 0.25) is 12.7 Å². The Balaban J connectivity index is 1.47. The lowest BCUT2D eigenvalue weighted by molar-refractivity contribution is -0.690. The predicted octanol–water partition coefficient (Wildman–Crippen LogP) is 2.12. The predicted molar refractivity (Wildman–Crippen MR) is 95.6 cm³/mol. The molecule has 2 amide bonds. The molecule has 1 saturated heterocycles. The normalized spacial score (nSPS) is 18.7. The van der Waals surface area contributed by atoms with E-state index in [4.69, 9.17) is 32.7 Å². The highest BCUT2D eigenvalue weighted by Crippen LogP contribution is 2.32. The van der Waals surface area contributed by atoms with E-state index >= 15 is 0 Å². The summed E-state index contributed by atoms with van der Waals surface area (Å²) in [5.41, 5.74) is 1.38. The van der Waals surface area contributed by atoms with Gasteiger partial charge in [0.15, 0.2) is 17.5 Å². The molecular weight excluding hydrogens is 379 g/mol. The Morgan fingerprint density at radius 1 is 1.04 bits per heavy atom. The van der Waals surface area contributed by atoms with Crippen LogP contribution >= 0.6 is 23.2 Å². The van der Waals surface area contributed by atoms with Gasteiger partial charge in [-0.3, -0.25) is 9.59 Å². The van der Waals surface area contributed by atoms with Crippen LogP contribution in [0.3, 0.4) is 0 Å². The van der Waals surface area contributed by atoms with Crippen molar-refractivity contribution >= 4 is 40.7 Å². The number of hydrogen-bond donors (Lipinski definition) is 1. The molecule has 2 N–H and O–H groups in total. The topological polar surface area (TPSA) is 72.5 Å². The zero-order valence-electron chi connectivity index (χ0n) is 13.6. The minimum Gasteiger partial charge on any atom is -0.454 e. The lowest BCUT2D eigenvalue weighted by Crippen LogP contribution is -2.90. The second-order valence-electron chi connectivity index (χ2n) is 6.13. The van der Waals surface area contributed by atoms with Crippen molar-refractivity contribution in [3.63, 3.8) is 0 Å². The van der Waals surface area contributed by atoms with Crippen molar-refractivity contribution in [3.05, 3.63) is 52.0 Å². The number of nitrogens with two attached hydrogens (primary N) is 1. The lowest BCUT2D eigenvalue weighted by atomic mass is 10.1. The third kappa shape index (κ3) is 3.23. The molecule has 6 nitrogen and oxygen atoms in total. The van der Waals surface area contributed by atoms with E-state index < -0.39 is 6.04 Å². The highest BCUT2D eigenvalue weighted by atomic mass is 35.5. The molecule has 8 heteroatoms. The quantitative estimate of drug-likeness (QED) is 0.807. The van der Waals surface area contributed by atoms with Gasteiger partial charge in [-0.1, -0.05) is 23.2 Å². The first-order chi connectivity index (χ1) is 12.5. The van der Waals surface area contributed by atoms with Crippen LogP contribution in [-0.2, 0) is 16.1 Å². The molecule has 2 aromatic rings. The van der Waals surface area contributed by atoms with Crippen LogP contribution in [0.2, 0.25) is 10.0 Å². The summed E-state index contributed by atoms with van der Waals surface area (Å²) < 4.78 is 10.6. The van der Waals surface area contributed by atoms with Crippen LogP contribution in [0.4, 0.5) is 5.69 Å². The fourth-order valence-corrected chi connectivity index (χ4v) is 3.64. The van der Waals surface area contributed by atoms with Crippen LogP contribution in [0.1, 0.15) is 12.0 Å². The van der Waals surface area contributed by atoms with E-state index in [1.54, 1.807) is 18.2 Å². The molecule has 1 atom stereocenters. The summed E-state index contributed by atoms with van der Waals surface area (Å²) in [6.45, 7) is 0.764. The van der Waals surface area contributed by atoms with Crippen LogP contribution in [0.25, 0.3) is 0 Å². The van der Waals surface area contributed by atoms with Crippen molar-refractivity contribution in [3.8, 4) is 11.5 Å². The monoisotopic (exact) mass is 393 g/mol. The average Bonchev–Trinajstić information content (AvgIpc) is 3.15. The highest BCUT2D eigenvalue weighted by Gasteiger charge is 2.42. The Morgan fingerprint density at radius 3 is 2.54 bits per heavy atom. The van der Waals surface area contributed by atoms with Gasteiger partial charge < -0.3 is 14.8 Å². The number of amides is 2. The second kappa shape index (κ2) is 6.79. The van der Waals surface area contributed by atoms with Crippen LogP contribution < -0.4 is 19.7 Å². The van der Waals surface area contributed by atoms with Crippen LogP contribution in [0.15, 0.2) is 36.4 Å². The number of quaternary nitrogens is 1. The Morgan fingerprint density at radius 2 is 1.77 bits per heavy atom. The van der Waals surface area contributed by atoms with E-state index in [0.29, 0.717) is 33.8 Å². The van der Waals surface area contributed by atoms with E-state index in [9.17, 15) is 9.59 Å². The van der Waals surface area contributed by atoms with Crippen molar-refractivity contribution in [2.24, 2.45) is 0 Å². The smallest absolute Gasteiger partial charge is 0.292 e. The van der Waals surface area contributed by atoms with Gasteiger partial charge in [0.1, 0.15) is 6.54 Å². The highest BCUT2D eigenvalue weighted by molar-refractivity contribution is 6.35. The minimum absolute atomic E-state index is 0.132. The Bertz CT molecular complexity index is 883. The number of carbonyl (C=O) groups is 2. The molecule has 2 heterocycles. The molecule has 2 aliphatic rings. The zero-order chi connectivity index (χ0) is 18.3. The number of rotatable bonds is 4. The van der Waals surface area contributed by atoms with E-state index in [1.165, 1.54) is 0 Å². The van der Waals surface area contributed by atoms with Crippen LogP contribution in [0.5, 0.6) is 11.5 Å².